The van der Waals surface area contributed by atoms with E-state index in [1.807, 2.05) is 0 Å². The van der Waals surface area contributed by atoms with Crippen molar-refractivity contribution in [3.8, 4) is 0 Å². The van der Waals surface area contributed by atoms with Gasteiger partial charge in [-0.1, -0.05) is 18.1 Å². The number of ketones is 1. The Bertz CT molecular complexity index is 622. The summed E-state index contributed by atoms with van der Waals surface area (Å²) < 4.78 is 37.0. The van der Waals surface area contributed by atoms with Gasteiger partial charge in [-0.3, -0.25) is 4.79 Å². The van der Waals surface area contributed by atoms with E-state index in [0.29, 0.717) is 25.7 Å². The van der Waals surface area contributed by atoms with E-state index in [4.69, 9.17) is 0 Å². The van der Waals surface area contributed by atoms with Gasteiger partial charge in [0.05, 0.1) is 10.8 Å². The summed E-state index contributed by atoms with van der Waals surface area (Å²) in [5.41, 5.74) is 0.911. The molecule has 1 aliphatic carbocycles. The van der Waals surface area contributed by atoms with E-state index in [-0.39, 0.29) is 17.3 Å². The van der Waals surface area contributed by atoms with E-state index in [2.05, 4.69) is 0 Å². The number of carbonyl (C=O) groups excluding carboxylic acids is 1. The fourth-order valence-electron chi connectivity index (χ4n) is 2.82. The summed E-state index contributed by atoms with van der Waals surface area (Å²) in [6, 6.07) is 4.45. The number of hydrogen-bond donors (Lipinski definition) is 0. The molecule has 1 fully saturated rings. The zero-order valence-electron chi connectivity index (χ0n) is 11.7. The fraction of sp³-hybridized carbons (Fsp3) is 0.533. The molecule has 2 rings (SSSR count). The predicted octanol–water partition coefficient (Wildman–Crippen LogP) is 2.92. The van der Waals surface area contributed by atoms with Gasteiger partial charge in [-0.2, -0.15) is 0 Å². The summed E-state index contributed by atoms with van der Waals surface area (Å²) in [6.45, 7) is 1.80. The zero-order chi connectivity index (χ0) is 14.9. The average Bonchev–Trinajstić information content (AvgIpc) is 2.40. The van der Waals surface area contributed by atoms with Crippen LogP contribution in [-0.4, -0.2) is 25.7 Å². The Morgan fingerprint density at radius 1 is 1.30 bits per heavy atom. The van der Waals surface area contributed by atoms with Gasteiger partial charge in [0.1, 0.15) is 15.7 Å². The quantitative estimate of drug-likeness (QED) is 0.806. The highest BCUT2D eigenvalue weighted by atomic mass is 32.2. The third kappa shape index (κ3) is 3.26. The van der Waals surface area contributed by atoms with Crippen molar-refractivity contribution in [3.05, 3.63) is 35.1 Å². The molecule has 0 spiro atoms. The Morgan fingerprint density at radius 2 is 2.00 bits per heavy atom. The number of sulfone groups is 1. The Morgan fingerprint density at radius 3 is 2.65 bits per heavy atom. The summed E-state index contributed by atoms with van der Waals surface area (Å²) >= 11 is 0. The van der Waals surface area contributed by atoms with Gasteiger partial charge in [-0.25, -0.2) is 12.8 Å². The van der Waals surface area contributed by atoms with Crippen LogP contribution >= 0.6 is 0 Å². The van der Waals surface area contributed by atoms with Crippen LogP contribution in [0.15, 0.2) is 18.2 Å². The van der Waals surface area contributed by atoms with Crippen molar-refractivity contribution in [2.24, 2.45) is 5.92 Å². The summed E-state index contributed by atoms with van der Waals surface area (Å²) in [5.74, 6) is -1.18. The number of carbonyl (C=O) groups is 1. The summed E-state index contributed by atoms with van der Waals surface area (Å²) in [4.78, 5) is 12.4. The van der Waals surface area contributed by atoms with Crippen LogP contribution < -0.4 is 0 Å². The molecule has 0 amide bonds. The highest BCUT2D eigenvalue weighted by Crippen LogP contribution is 2.31. The van der Waals surface area contributed by atoms with Crippen molar-refractivity contribution in [1.29, 1.82) is 0 Å². The van der Waals surface area contributed by atoms with Crippen LogP contribution in [0.25, 0.3) is 0 Å². The van der Waals surface area contributed by atoms with Gasteiger partial charge in [0.15, 0.2) is 5.78 Å². The van der Waals surface area contributed by atoms with E-state index in [0.717, 1.165) is 5.56 Å². The molecular weight excluding hydrogens is 279 g/mol. The van der Waals surface area contributed by atoms with Crippen molar-refractivity contribution in [2.45, 2.75) is 37.9 Å². The molecule has 0 radical (unpaired) electrons. The van der Waals surface area contributed by atoms with Crippen LogP contribution in [-0.2, 0) is 9.84 Å². The van der Waals surface area contributed by atoms with Crippen LogP contribution in [0.4, 0.5) is 4.39 Å². The maximum atomic E-state index is 13.8. The molecule has 1 aliphatic rings. The van der Waals surface area contributed by atoms with Gasteiger partial charge >= 0.3 is 0 Å². The first-order valence-corrected chi connectivity index (χ1v) is 8.73. The summed E-state index contributed by atoms with van der Waals surface area (Å²) in [7, 11) is -3.14. The molecule has 20 heavy (non-hydrogen) atoms. The van der Waals surface area contributed by atoms with Gasteiger partial charge in [-0.15, -0.1) is 0 Å². The highest BCUT2D eigenvalue weighted by Gasteiger charge is 2.33. The number of benzene rings is 1. The molecule has 2 unspecified atom stereocenters. The molecular formula is C15H19FO3S. The number of halogens is 1. The Labute approximate surface area is 119 Å². The van der Waals surface area contributed by atoms with Crippen LogP contribution in [0.1, 0.15) is 41.6 Å². The van der Waals surface area contributed by atoms with Crippen molar-refractivity contribution in [3.63, 3.8) is 0 Å². The van der Waals surface area contributed by atoms with Crippen molar-refractivity contribution in [2.75, 3.05) is 6.26 Å². The molecule has 110 valence electrons. The first kappa shape index (κ1) is 15.2. The predicted molar refractivity (Wildman–Crippen MR) is 76.1 cm³/mol. The van der Waals surface area contributed by atoms with Crippen molar-refractivity contribution >= 4 is 15.6 Å². The number of rotatable bonds is 3. The lowest BCUT2D eigenvalue weighted by molar-refractivity contribution is 0.0886. The molecule has 0 bridgehead atoms. The maximum Gasteiger partial charge on any atom is 0.168 e. The minimum absolute atomic E-state index is 0.0872. The molecule has 1 aromatic carbocycles. The lowest BCUT2D eigenvalue weighted by Crippen LogP contribution is -2.31. The average molecular weight is 298 g/mol. The standard InChI is InChI=1S/C15H19FO3S/c1-10-6-7-14(16)13(8-10)15(17)11-4-3-5-12(9-11)20(2,18)19/h6-8,11-12H,3-5,9H2,1-2H3. The second kappa shape index (κ2) is 5.64. The highest BCUT2D eigenvalue weighted by molar-refractivity contribution is 7.91. The molecule has 3 nitrogen and oxygen atoms in total. The van der Waals surface area contributed by atoms with Crippen LogP contribution in [0, 0.1) is 18.7 Å². The summed E-state index contributed by atoms with van der Waals surface area (Å²) in [6.07, 6.45) is 3.45. The normalized spacial score (nSPS) is 23.6. The molecule has 0 heterocycles. The fourth-order valence-corrected chi connectivity index (χ4v) is 4.00. The monoisotopic (exact) mass is 298 g/mol. The molecule has 2 atom stereocenters. The van der Waals surface area contributed by atoms with Crippen LogP contribution in [0.5, 0.6) is 0 Å². The zero-order valence-corrected chi connectivity index (χ0v) is 12.5. The Kier molecular flexibility index (Phi) is 4.28. The first-order chi connectivity index (χ1) is 9.29. The maximum absolute atomic E-state index is 13.8. The van der Waals surface area contributed by atoms with Crippen molar-refractivity contribution in [1.82, 2.24) is 0 Å². The molecule has 1 saturated carbocycles. The molecule has 0 aromatic heterocycles. The van der Waals surface area contributed by atoms with E-state index < -0.39 is 20.9 Å². The minimum Gasteiger partial charge on any atom is -0.294 e. The number of aryl methyl sites for hydroxylation is 1. The minimum atomic E-state index is -3.14. The second-order valence-corrected chi connectivity index (χ2v) is 7.99. The second-order valence-electron chi connectivity index (χ2n) is 5.66. The topological polar surface area (TPSA) is 51.2 Å². The SMILES string of the molecule is Cc1ccc(F)c(C(=O)C2CCCC(S(C)(=O)=O)C2)c1. The molecule has 0 N–H and O–H groups in total. The summed E-state index contributed by atoms with van der Waals surface area (Å²) in [5, 5.41) is -0.474. The van der Waals surface area contributed by atoms with E-state index >= 15 is 0 Å². The van der Waals surface area contributed by atoms with E-state index in [9.17, 15) is 17.6 Å². The molecule has 0 saturated heterocycles. The van der Waals surface area contributed by atoms with Gasteiger partial charge in [0, 0.05) is 12.2 Å². The molecule has 5 heteroatoms. The smallest absolute Gasteiger partial charge is 0.168 e. The number of hydrogen-bond acceptors (Lipinski definition) is 3. The Balaban J connectivity index is 2.23. The number of Topliss-reactive ketones (excluding diaryl/α,β-unsaturated/α-hetero) is 1. The largest absolute Gasteiger partial charge is 0.294 e. The van der Waals surface area contributed by atoms with Gasteiger partial charge in [0.2, 0.25) is 0 Å². The van der Waals surface area contributed by atoms with Crippen LogP contribution in [0.3, 0.4) is 0 Å². The van der Waals surface area contributed by atoms with Crippen molar-refractivity contribution < 1.29 is 17.6 Å². The lowest BCUT2D eigenvalue weighted by Gasteiger charge is -2.27. The first-order valence-electron chi connectivity index (χ1n) is 6.78. The van der Waals surface area contributed by atoms with Gasteiger partial charge in [0.25, 0.3) is 0 Å². The molecule has 1 aromatic rings. The molecule has 0 aliphatic heterocycles. The van der Waals surface area contributed by atoms with Gasteiger partial charge in [-0.05, 0) is 38.3 Å². The van der Waals surface area contributed by atoms with E-state index in [1.54, 1.807) is 19.1 Å². The van der Waals surface area contributed by atoms with Gasteiger partial charge < -0.3 is 0 Å². The Hall–Kier alpha value is -1.23. The third-order valence-electron chi connectivity index (χ3n) is 3.99. The van der Waals surface area contributed by atoms with Crippen LogP contribution in [0.2, 0.25) is 0 Å². The third-order valence-corrected chi connectivity index (χ3v) is 5.63. The lowest BCUT2D eigenvalue weighted by atomic mass is 9.83. The van der Waals surface area contributed by atoms with E-state index in [1.165, 1.54) is 12.3 Å².